The fourth-order valence-corrected chi connectivity index (χ4v) is 3.68. The van der Waals surface area contributed by atoms with E-state index >= 15 is 0 Å². The van der Waals surface area contributed by atoms with Gasteiger partial charge in [-0.3, -0.25) is 15.5 Å². The third-order valence-electron chi connectivity index (χ3n) is 5.19. The number of carbonyl (C=O) groups is 1. The zero-order valence-electron chi connectivity index (χ0n) is 17.0. The van der Waals surface area contributed by atoms with Gasteiger partial charge in [-0.1, -0.05) is 23.7 Å². The smallest absolute Gasteiger partial charge is 0.251 e. The number of aryl methyl sites for hydroxylation is 2. The van der Waals surface area contributed by atoms with Crippen LogP contribution in [-0.4, -0.2) is 29.6 Å². The fraction of sp³-hybridized carbons (Fsp3) is 0.217. The maximum absolute atomic E-state index is 14.7. The van der Waals surface area contributed by atoms with Crippen LogP contribution in [0.4, 0.5) is 4.39 Å². The van der Waals surface area contributed by atoms with Crippen molar-refractivity contribution >= 4 is 28.9 Å². The van der Waals surface area contributed by atoms with Crippen LogP contribution in [0.25, 0.3) is 5.57 Å². The molecule has 4 rings (SSSR count). The van der Waals surface area contributed by atoms with Crippen LogP contribution in [0.15, 0.2) is 59.7 Å². The number of hydrazine groups is 1. The number of nitrogens with one attached hydrogen (secondary N) is 2. The number of amidine groups is 1. The predicted octanol–water partition coefficient (Wildman–Crippen LogP) is 3.52. The first-order valence-electron chi connectivity index (χ1n) is 10.0. The van der Waals surface area contributed by atoms with E-state index in [1.54, 1.807) is 36.4 Å². The van der Waals surface area contributed by atoms with Crippen LogP contribution in [0.1, 0.15) is 33.5 Å². The Morgan fingerprint density at radius 2 is 2.10 bits per heavy atom. The summed E-state index contributed by atoms with van der Waals surface area (Å²) in [5.41, 5.74) is 11.9. The third-order valence-corrected chi connectivity index (χ3v) is 5.44. The van der Waals surface area contributed by atoms with E-state index in [4.69, 9.17) is 17.3 Å². The van der Waals surface area contributed by atoms with Gasteiger partial charge in [-0.2, -0.15) is 5.43 Å². The number of amides is 1. The van der Waals surface area contributed by atoms with Gasteiger partial charge in [-0.15, -0.1) is 0 Å². The van der Waals surface area contributed by atoms with Crippen molar-refractivity contribution in [2.75, 3.05) is 6.54 Å². The second-order valence-electron chi connectivity index (χ2n) is 7.48. The Balaban J connectivity index is 1.44. The Morgan fingerprint density at radius 1 is 1.32 bits per heavy atom. The highest BCUT2D eigenvalue weighted by Crippen LogP contribution is 2.27. The number of aliphatic imine (C=N–C) groups is 1. The number of allylic oxidation sites excluding steroid dienone is 2. The number of fused-ring (bicyclic) bond motifs is 1. The molecule has 2 heterocycles. The summed E-state index contributed by atoms with van der Waals surface area (Å²) in [6.45, 7) is 2.25. The average molecular weight is 440 g/mol. The number of hydrogen-bond acceptors (Lipinski definition) is 5. The van der Waals surface area contributed by atoms with Crippen molar-refractivity contribution < 1.29 is 9.18 Å². The van der Waals surface area contributed by atoms with Crippen LogP contribution < -0.4 is 16.5 Å². The summed E-state index contributed by atoms with van der Waals surface area (Å²) in [4.78, 5) is 17.0. The van der Waals surface area contributed by atoms with Gasteiger partial charge in [0.05, 0.1) is 0 Å². The van der Waals surface area contributed by atoms with Crippen molar-refractivity contribution in [3.63, 3.8) is 0 Å². The standard InChI is InChI=1S/C23H23ClFN5O/c1-14-11-20(25)19(16-8-10-30-21(12-16)28-23(26)29-30)13-18(14)22(31)27-9-2-3-15-4-6-17(24)7-5-15/h4-8,10-13,23,29H,2-3,9,26H2,1H3,(H,27,31). The first-order valence-corrected chi connectivity index (χ1v) is 10.4. The minimum Gasteiger partial charge on any atom is -0.352 e. The van der Waals surface area contributed by atoms with Crippen molar-refractivity contribution in [1.82, 2.24) is 15.8 Å². The zero-order valence-corrected chi connectivity index (χ0v) is 17.8. The quantitative estimate of drug-likeness (QED) is 0.601. The van der Waals surface area contributed by atoms with E-state index in [-0.39, 0.29) is 5.91 Å². The molecule has 1 atom stereocenters. The molecule has 0 bridgehead atoms. The minimum atomic E-state index is -0.535. The second-order valence-corrected chi connectivity index (χ2v) is 7.92. The minimum absolute atomic E-state index is 0.223. The molecule has 6 nitrogen and oxygen atoms in total. The Bertz CT molecular complexity index is 1090. The van der Waals surface area contributed by atoms with Crippen molar-refractivity contribution in [3.05, 3.63) is 87.8 Å². The molecular weight excluding hydrogens is 417 g/mol. The number of halogens is 2. The molecule has 31 heavy (non-hydrogen) atoms. The molecule has 0 radical (unpaired) electrons. The Labute approximate surface area is 185 Å². The highest BCUT2D eigenvalue weighted by atomic mass is 35.5. The number of hydrogen-bond donors (Lipinski definition) is 3. The van der Waals surface area contributed by atoms with E-state index in [0.29, 0.717) is 39.7 Å². The lowest BCUT2D eigenvalue weighted by atomic mass is 9.97. The fourth-order valence-electron chi connectivity index (χ4n) is 3.56. The number of nitrogens with two attached hydrogens (primary N) is 1. The molecule has 2 aromatic rings. The summed E-state index contributed by atoms with van der Waals surface area (Å²) in [6, 6.07) is 10.6. The Hall–Kier alpha value is -3.00. The van der Waals surface area contributed by atoms with E-state index in [1.807, 2.05) is 24.3 Å². The highest BCUT2D eigenvalue weighted by molar-refractivity contribution is 6.30. The van der Waals surface area contributed by atoms with Crippen LogP contribution >= 0.6 is 11.6 Å². The number of nitrogens with zero attached hydrogens (tertiary/aromatic N) is 2. The van der Waals surface area contributed by atoms with Gasteiger partial charge in [0.1, 0.15) is 11.7 Å². The average Bonchev–Trinajstić information content (AvgIpc) is 3.11. The van der Waals surface area contributed by atoms with E-state index in [2.05, 4.69) is 15.7 Å². The molecule has 1 amide bonds. The molecule has 2 aliphatic rings. The van der Waals surface area contributed by atoms with Crippen molar-refractivity contribution in [3.8, 4) is 0 Å². The van der Waals surface area contributed by atoms with Gasteiger partial charge >= 0.3 is 0 Å². The SMILES string of the molecule is Cc1cc(F)c(C2=CC3=NC(N)NN3C=C2)cc1C(=O)NCCCc1ccc(Cl)cc1. The van der Waals surface area contributed by atoms with Crippen LogP contribution in [0.5, 0.6) is 0 Å². The second kappa shape index (κ2) is 9.01. The van der Waals surface area contributed by atoms with Gasteiger partial charge in [0.25, 0.3) is 5.91 Å². The maximum Gasteiger partial charge on any atom is 0.251 e. The molecule has 0 saturated heterocycles. The first-order chi connectivity index (χ1) is 14.9. The van der Waals surface area contributed by atoms with Crippen LogP contribution in [0, 0.1) is 12.7 Å². The largest absolute Gasteiger partial charge is 0.352 e. The van der Waals surface area contributed by atoms with Crippen LogP contribution in [0.2, 0.25) is 5.02 Å². The van der Waals surface area contributed by atoms with Crippen LogP contribution in [-0.2, 0) is 6.42 Å². The summed E-state index contributed by atoms with van der Waals surface area (Å²) in [7, 11) is 0. The summed E-state index contributed by atoms with van der Waals surface area (Å²) in [6.07, 6.45) is 6.31. The van der Waals surface area contributed by atoms with Gasteiger partial charge in [-0.25, -0.2) is 9.38 Å². The van der Waals surface area contributed by atoms with Crippen molar-refractivity contribution in [2.45, 2.75) is 26.1 Å². The van der Waals surface area contributed by atoms with Crippen molar-refractivity contribution in [1.29, 1.82) is 0 Å². The Morgan fingerprint density at radius 3 is 2.87 bits per heavy atom. The molecular formula is C23H23ClFN5O. The molecule has 0 aliphatic carbocycles. The third kappa shape index (κ3) is 4.85. The molecule has 4 N–H and O–H groups in total. The van der Waals surface area contributed by atoms with Gasteiger partial charge in [-0.05, 0) is 72.9 Å². The van der Waals surface area contributed by atoms with Gasteiger partial charge in [0, 0.05) is 28.9 Å². The number of carbonyl (C=O) groups excluding carboxylic acids is 1. The lowest BCUT2D eigenvalue weighted by molar-refractivity contribution is 0.0952. The predicted molar refractivity (Wildman–Crippen MR) is 121 cm³/mol. The number of benzene rings is 2. The van der Waals surface area contributed by atoms with Crippen LogP contribution in [0.3, 0.4) is 0 Å². The topological polar surface area (TPSA) is 82.8 Å². The summed E-state index contributed by atoms with van der Waals surface area (Å²) >= 11 is 5.90. The lowest BCUT2D eigenvalue weighted by Crippen LogP contribution is -2.40. The normalized spacial score (nSPS) is 17.3. The summed E-state index contributed by atoms with van der Waals surface area (Å²) in [5, 5.41) is 5.31. The van der Waals surface area contributed by atoms with E-state index in [0.717, 1.165) is 18.4 Å². The monoisotopic (exact) mass is 439 g/mol. The summed E-state index contributed by atoms with van der Waals surface area (Å²) in [5.74, 6) is -0.0195. The Kier molecular flexibility index (Phi) is 6.18. The maximum atomic E-state index is 14.7. The molecule has 0 spiro atoms. The van der Waals surface area contributed by atoms with E-state index in [1.165, 1.54) is 6.07 Å². The molecule has 0 aromatic heterocycles. The molecule has 2 aliphatic heterocycles. The lowest BCUT2D eigenvalue weighted by Gasteiger charge is -2.19. The van der Waals surface area contributed by atoms with Gasteiger partial charge in [0.2, 0.25) is 0 Å². The highest BCUT2D eigenvalue weighted by Gasteiger charge is 2.23. The molecule has 8 heteroatoms. The first kappa shape index (κ1) is 21.2. The molecule has 0 fully saturated rings. The zero-order chi connectivity index (χ0) is 22.0. The molecule has 0 saturated carbocycles. The summed E-state index contributed by atoms with van der Waals surface area (Å²) < 4.78 is 14.7. The molecule has 2 aromatic carbocycles. The van der Waals surface area contributed by atoms with E-state index in [9.17, 15) is 9.18 Å². The molecule has 160 valence electrons. The van der Waals surface area contributed by atoms with Gasteiger partial charge < -0.3 is 5.32 Å². The number of rotatable bonds is 6. The van der Waals surface area contributed by atoms with Gasteiger partial charge in [0.15, 0.2) is 6.29 Å². The van der Waals surface area contributed by atoms with E-state index < -0.39 is 12.1 Å². The van der Waals surface area contributed by atoms with Crippen molar-refractivity contribution in [2.24, 2.45) is 10.7 Å². The molecule has 1 unspecified atom stereocenters.